The molecule has 0 saturated carbocycles. The van der Waals surface area contributed by atoms with Gasteiger partial charge in [0.25, 0.3) is 0 Å². The molecule has 5 aromatic carbocycles. The van der Waals surface area contributed by atoms with Gasteiger partial charge in [0.05, 0.1) is 24.9 Å². The van der Waals surface area contributed by atoms with Crippen LogP contribution < -0.4 is 5.19 Å². The van der Waals surface area contributed by atoms with E-state index in [2.05, 4.69) is 98.5 Å². The normalized spacial score (nSPS) is 14.9. The molecule has 0 fully saturated rings. The third-order valence-electron chi connectivity index (χ3n) is 10.4. The van der Waals surface area contributed by atoms with Crippen molar-refractivity contribution in [2.45, 2.75) is 79.8 Å². The Kier molecular flexibility index (Phi) is 9.49. The van der Waals surface area contributed by atoms with Gasteiger partial charge in [-0.25, -0.2) is 4.98 Å². The molecule has 0 saturated heterocycles. The predicted molar refractivity (Wildman–Crippen MR) is 260 cm³/mol. The van der Waals surface area contributed by atoms with Gasteiger partial charge >= 0.3 is 0 Å². The summed E-state index contributed by atoms with van der Waals surface area (Å²) < 4.78 is 82.3. The van der Waals surface area contributed by atoms with E-state index in [0.29, 0.717) is 22.4 Å². The van der Waals surface area contributed by atoms with Gasteiger partial charge in [-0.3, -0.25) is 4.98 Å². The summed E-state index contributed by atoms with van der Waals surface area (Å²) >= 11 is 1.63. The Hall–Kier alpha value is -5.04. The monoisotopic (exact) mass is 1020 g/mol. The van der Waals surface area contributed by atoms with Crippen molar-refractivity contribution in [1.82, 2.24) is 19.5 Å². The molecule has 7 heteroatoms. The number of rotatable bonds is 7. The number of fused-ring (bicyclic) bond motifs is 4. The minimum atomic E-state index is -2.56. The summed E-state index contributed by atoms with van der Waals surface area (Å²) in [5.41, 5.74) is 8.52. The first-order valence-electron chi connectivity index (χ1n) is 25.1. The van der Waals surface area contributed by atoms with E-state index < -0.39 is 28.2 Å². The van der Waals surface area contributed by atoms with E-state index in [1.54, 1.807) is 35.7 Å². The Morgan fingerprint density at radius 2 is 1.64 bits per heavy atom. The summed E-state index contributed by atoms with van der Waals surface area (Å²) in [5, 5.41) is 3.05. The van der Waals surface area contributed by atoms with E-state index in [9.17, 15) is 0 Å². The Morgan fingerprint density at radius 1 is 0.885 bits per heavy atom. The topological polar surface area (TPSA) is 43.6 Å². The minimum absolute atomic E-state index is 0. The van der Waals surface area contributed by atoms with Crippen LogP contribution >= 0.6 is 11.3 Å². The second-order valence-corrected chi connectivity index (χ2v) is 23.4. The largest absolute Gasteiger partial charge is 0.333 e. The van der Waals surface area contributed by atoms with Crippen molar-refractivity contribution in [3.63, 3.8) is 0 Å². The molecule has 0 atom stereocenters. The van der Waals surface area contributed by atoms with E-state index >= 15 is 0 Å². The zero-order valence-electron chi connectivity index (χ0n) is 45.6. The fourth-order valence-electron chi connectivity index (χ4n) is 7.40. The molecule has 0 unspecified atom stereocenters. The Balaban J connectivity index is 0.000000224. The summed E-state index contributed by atoms with van der Waals surface area (Å²) in [6, 6.07) is 38.8. The Bertz CT molecular complexity index is 3380. The smallest absolute Gasteiger partial charge is 0.114 e. The van der Waals surface area contributed by atoms with Crippen LogP contribution in [-0.4, -0.2) is 27.6 Å². The molecule has 0 spiro atoms. The van der Waals surface area contributed by atoms with Crippen LogP contribution in [0.5, 0.6) is 0 Å². The van der Waals surface area contributed by atoms with Crippen LogP contribution in [0.15, 0.2) is 128 Å². The molecular formula is C54H54IrN4SSi-2. The number of imidazole rings is 1. The standard InChI is InChI=1S/C35H28N3S.C19H26NSi.Ir/c1-22-12-14-23(15-13-22)26-20-21-36-34-31(26)27-8-7-9-28(32(27)39-34)33-37-29-10-5-6-11-30(29)38(33)25-18-16-24(17-19-25)35(2,3)4;1-14(2)11-17-12-18(16-9-7-15(3)8-10-16)20-13-19(17)21(4,5)6;/h5-8,10-21H,1-4H3;7-9,12-14H,11H2,1-6H3;/q2*-1;/i1D3;3D3,7D,8D,11D2;. The molecule has 0 aliphatic heterocycles. The number of hydrogen-bond acceptors (Lipinski definition) is 4. The van der Waals surface area contributed by atoms with Crippen LogP contribution in [0.1, 0.15) is 70.6 Å². The quantitative estimate of drug-likeness (QED) is 0.118. The van der Waals surface area contributed by atoms with E-state index in [1.807, 2.05) is 62.5 Å². The number of benzene rings is 5. The molecule has 0 aliphatic carbocycles. The molecular weight excluding hydrogens is 957 g/mol. The maximum Gasteiger partial charge on any atom is 0.114 e. The van der Waals surface area contributed by atoms with Crippen LogP contribution in [0.3, 0.4) is 0 Å². The summed E-state index contributed by atoms with van der Waals surface area (Å²) in [4.78, 5) is 15.2. The molecule has 9 aromatic rings. The molecule has 1 radical (unpaired) electrons. The fourth-order valence-corrected chi connectivity index (χ4v) is 9.97. The molecule has 61 heavy (non-hydrogen) atoms. The Morgan fingerprint density at radius 3 is 2.33 bits per heavy atom. The molecule has 0 amide bonds. The SMILES string of the molecule is [2H]C([2H])([2H])c1ccc(-c2ccnc3sc4c(-c5nc6ccccc6n5-c5ccc(C(C)(C)C)cc5)[c-]ccc4c23)cc1.[2H]c1[c-]c(-c2cc(C([2H])([2H])C(C)C)c([Si](C)(C)C)cn2)cc([2H])c1C([2H])([2H])[2H].[Ir]. The average Bonchev–Trinajstić information content (AvgIpc) is 3.87. The molecule has 0 aliphatic rings. The van der Waals surface area contributed by atoms with Crippen molar-refractivity contribution < 1.29 is 33.8 Å². The van der Waals surface area contributed by atoms with E-state index in [-0.39, 0.29) is 49.1 Å². The van der Waals surface area contributed by atoms with Crippen molar-refractivity contribution in [2.24, 2.45) is 5.92 Å². The van der Waals surface area contributed by atoms with Crippen LogP contribution in [0.2, 0.25) is 19.6 Å². The number of para-hydroxylation sites is 2. The van der Waals surface area contributed by atoms with Gasteiger partial charge in [0.15, 0.2) is 0 Å². The van der Waals surface area contributed by atoms with Gasteiger partial charge in [-0.2, -0.15) is 11.3 Å². The maximum atomic E-state index is 8.60. The van der Waals surface area contributed by atoms with Crippen molar-refractivity contribution in [2.75, 3.05) is 0 Å². The predicted octanol–water partition coefficient (Wildman–Crippen LogP) is 14.1. The van der Waals surface area contributed by atoms with Gasteiger partial charge in [-0.05, 0) is 87.2 Å². The molecule has 311 valence electrons. The first kappa shape index (κ1) is 32.6. The van der Waals surface area contributed by atoms with E-state index in [1.165, 1.54) is 11.6 Å². The second-order valence-electron chi connectivity index (χ2n) is 17.4. The second kappa shape index (κ2) is 17.7. The molecule has 4 heterocycles. The van der Waals surface area contributed by atoms with Crippen LogP contribution in [0.4, 0.5) is 0 Å². The number of pyridine rings is 2. The van der Waals surface area contributed by atoms with Crippen LogP contribution in [0, 0.1) is 31.8 Å². The summed E-state index contributed by atoms with van der Waals surface area (Å²) in [7, 11) is -1.87. The van der Waals surface area contributed by atoms with Gasteiger partial charge in [0.1, 0.15) is 4.83 Å². The van der Waals surface area contributed by atoms with Crippen LogP contribution in [0.25, 0.3) is 70.8 Å². The van der Waals surface area contributed by atoms with E-state index in [4.69, 9.17) is 23.7 Å². The van der Waals surface area contributed by atoms with Gasteiger partial charge in [-0.1, -0.05) is 138 Å². The number of hydrogen-bond donors (Lipinski definition) is 0. The molecule has 4 aromatic heterocycles. The first-order chi connectivity index (χ1) is 32.7. The molecule has 4 nitrogen and oxygen atoms in total. The number of thiophene rings is 1. The van der Waals surface area contributed by atoms with Gasteiger partial charge in [0, 0.05) is 57.3 Å². The van der Waals surface area contributed by atoms with Gasteiger partial charge in [0.2, 0.25) is 0 Å². The third-order valence-corrected chi connectivity index (χ3v) is 13.6. The first-order valence-corrected chi connectivity index (χ1v) is 24.4. The van der Waals surface area contributed by atoms with Crippen molar-refractivity contribution in [3.05, 3.63) is 162 Å². The van der Waals surface area contributed by atoms with Crippen LogP contribution in [-0.2, 0) is 31.9 Å². The zero-order chi connectivity index (χ0) is 50.9. The average molecular weight is 1020 g/mol. The molecule has 9 rings (SSSR count). The van der Waals surface area contributed by atoms with Crippen molar-refractivity contribution >= 4 is 55.9 Å². The van der Waals surface area contributed by atoms with Crippen molar-refractivity contribution in [1.29, 1.82) is 0 Å². The number of aromatic nitrogens is 4. The minimum Gasteiger partial charge on any atom is -0.333 e. The maximum absolute atomic E-state index is 8.60. The number of nitrogens with zero attached hydrogens (tertiary/aromatic N) is 4. The fraction of sp³-hybridized carbons (Fsp3) is 0.241. The molecule has 0 N–H and O–H groups in total. The molecule has 0 bridgehead atoms. The van der Waals surface area contributed by atoms with E-state index in [0.717, 1.165) is 64.7 Å². The Labute approximate surface area is 394 Å². The summed E-state index contributed by atoms with van der Waals surface area (Å²) in [6.07, 6.45) is 1.94. The zero-order valence-corrected chi connectivity index (χ0v) is 39.8. The number of aryl methyl sites for hydroxylation is 1. The third kappa shape index (κ3) is 9.27. The summed E-state index contributed by atoms with van der Waals surface area (Å²) in [6.45, 7) is 12.0. The van der Waals surface area contributed by atoms with Crippen molar-refractivity contribution in [3.8, 4) is 39.5 Å². The van der Waals surface area contributed by atoms with Gasteiger partial charge in [-0.15, -0.1) is 53.5 Å². The van der Waals surface area contributed by atoms with Gasteiger partial charge < -0.3 is 9.55 Å². The summed E-state index contributed by atoms with van der Waals surface area (Å²) in [5.74, 6) is 0.582.